The van der Waals surface area contributed by atoms with Gasteiger partial charge < -0.3 is 5.73 Å². The van der Waals surface area contributed by atoms with E-state index in [4.69, 9.17) is 5.73 Å². The van der Waals surface area contributed by atoms with Crippen LogP contribution in [0.5, 0.6) is 0 Å². The van der Waals surface area contributed by atoms with Crippen LogP contribution in [0.25, 0.3) is 0 Å². The van der Waals surface area contributed by atoms with E-state index in [2.05, 4.69) is 0 Å². The van der Waals surface area contributed by atoms with Crippen LogP contribution in [0.2, 0.25) is 0 Å². The van der Waals surface area contributed by atoms with Crippen molar-refractivity contribution in [2.75, 3.05) is 0 Å². The quantitative estimate of drug-likeness (QED) is 0.894. The maximum Gasteiger partial charge on any atom is 0.139 e. The lowest BCUT2D eigenvalue weighted by molar-refractivity contribution is -0.118. The summed E-state index contributed by atoms with van der Waals surface area (Å²) in [7, 11) is 0. The molecule has 2 nitrogen and oxygen atoms in total. The molecule has 0 saturated carbocycles. The Morgan fingerprint density at radius 3 is 2.37 bits per heavy atom. The Hall–Kier alpha value is -2.00. The second-order valence-electron chi connectivity index (χ2n) is 4.53. The van der Waals surface area contributed by atoms with Gasteiger partial charge in [-0.15, -0.1) is 0 Å². The van der Waals surface area contributed by atoms with Crippen LogP contribution in [0, 0.1) is 5.82 Å². The van der Waals surface area contributed by atoms with E-state index in [0.29, 0.717) is 5.56 Å². The van der Waals surface area contributed by atoms with Crippen molar-refractivity contribution in [1.82, 2.24) is 0 Å². The Morgan fingerprint density at radius 2 is 1.68 bits per heavy atom. The van der Waals surface area contributed by atoms with Crippen molar-refractivity contribution in [3.8, 4) is 0 Å². The fraction of sp³-hybridized carbons (Fsp3) is 0.188. The monoisotopic (exact) mass is 257 g/mol. The first-order chi connectivity index (χ1) is 9.16. The van der Waals surface area contributed by atoms with Gasteiger partial charge in [-0.05, 0) is 17.2 Å². The van der Waals surface area contributed by atoms with Crippen molar-refractivity contribution in [3.05, 3.63) is 71.5 Å². The second-order valence-corrected chi connectivity index (χ2v) is 4.53. The summed E-state index contributed by atoms with van der Waals surface area (Å²) in [5, 5.41) is 0. The number of Topliss-reactive ketones (excluding diaryl/α,β-unsaturated/α-hetero) is 1. The van der Waals surface area contributed by atoms with Gasteiger partial charge in [-0.2, -0.15) is 0 Å². The molecule has 0 bridgehead atoms. The summed E-state index contributed by atoms with van der Waals surface area (Å²) in [6.07, 6.45) is 0.311. The van der Waals surface area contributed by atoms with Crippen LogP contribution in [0.1, 0.15) is 23.6 Å². The summed E-state index contributed by atoms with van der Waals surface area (Å²) in [4.78, 5) is 11.9. The predicted octanol–water partition coefficient (Wildman–Crippen LogP) is 3.03. The Morgan fingerprint density at radius 1 is 1.05 bits per heavy atom. The molecular formula is C16H16FNO. The number of nitrogens with two attached hydrogens (primary N) is 1. The van der Waals surface area contributed by atoms with Gasteiger partial charge in [-0.1, -0.05) is 48.5 Å². The minimum absolute atomic E-state index is 0.0542. The van der Waals surface area contributed by atoms with Crippen molar-refractivity contribution in [1.29, 1.82) is 0 Å². The summed E-state index contributed by atoms with van der Waals surface area (Å²) < 4.78 is 13.4. The highest BCUT2D eigenvalue weighted by Gasteiger charge is 2.13. The van der Waals surface area contributed by atoms with Crippen molar-refractivity contribution >= 4 is 5.78 Å². The molecule has 98 valence electrons. The molecule has 0 spiro atoms. The van der Waals surface area contributed by atoms with Crippen LogP contribution in [-0.4, -0.2) is 5.78 Å². The number of rotatable bonds is 5. The van der Waals surface area contributed by atoms with Crippen molar-refractivity contribution in [2.45, 2.75) is 18.9 Å². The molecule has 0 fully saturated rings. The Balaban J connectivity index is 1.97. The maximum absolute atomic E-state index is 13.4. The van der Waals surface area contributed by atoms with Gasteiger partial charge in [0.2, 0.25) is 0 Å². The van der Waals surface area contributed by atoms with Crippen molar-refractivity contribution < 1.29 is 9.18 Å². The van der Waals surface area contributed by atoms with Gasteiger partial charge in [0.25, 0.3) is 0 Å². The number of carbonyl (C=O) groups is 1. The smallest absolute Gasteiger partial charge is 0.139 e. The molecule has 0 aliphatic carbocycles. The second kappa shape index (κ2) is 6.25. The zero-order chi connectivity index (χ0) is 13.7. The number of ketones is 1. The zero-order valence-electron chi connectivity index (χ0n) is 10.6. The van der Waals surface area contributed by atoms with E-state index in [9.17, 15) is 9.18 Å². The van der Waals surface area contributed by atoms with E-state index in [-0.39, 0.29) is 30.5 Å². The third kappa shape index (κ3) is 3.73. The van der Waals surface area contributed by atoms with Crippen LogP contribution >= 0.6 is 0 Å². The lowest BCUT2D eigenvalue weighted by atomic mass is 9.99. The van der Waals surface area contributed by atoms with Gasteiger partial charge in [0.1, 0.15) is 11.6 Å². The maximum atomic E-state index is 13.4. The van der Waals surface area contributed by atoms with Gasteiger partial charge in [0, 0.05) is 18.9 Å². The first kappa shape index (κ1) is 13.4. The normalized spacial score (nSPS) is 12.1. The van der Waals surface area contributed by atoms with Crippen LogP contribution < -0.4 is 5.73 Å². The molecule has 0 aliphatic rings. The molecule has 1 atom stereocenters. The van der Waals surface area contributed by atoms with Gasteiger partial charge in [-0.3, -0.25) is 4.79 Å². The number of benzene rings is 2. The molecule has 3 heteroatoms. The molecule has 2 N–H and O–H groups in total. The van der Waals surface area contributed by atoms with E-state index in [1.165, 1.54) is 6.07 Å². The highest BCUT2D eigenvalue weighted by Crippen LogP contribution is 2.16. The summed E-state index contributed by atoms with van der Waals surface area (Å²) >= 11 is 0. The highest BCUT2D eigenvalue weighted by molar-refractivity contribution is 5.81. The molecule has 0 heterocycles. The van der Waals surface area contributed by atoms with E-state index >= 15 is 0 Å². The number of halogens is 1. The summed E-state index contributed by atoms with van der Waals surface area (Å²) in [6, 6.07) is 15.4. The van der Waals surface area contributed by atoms with Gasteiger partial charge in [0.05, 0.1) is 0 Å². The van der Waals surface area contributed by atoms with Crippen LogP contribution in [-0.2, 0) is 11.2 Å². The third-order valence-corrected chi connectivity index (χ3v) is 3.02. The molecule has 2 aromatic rings. The molecular weight excluding hydrogens is 241 g/mol. The first-order valence-electron chi connectivity index (χ1n) is 6.22. The first-order valence-corrected chi connectivity index (χ1v) is 6.22. The zero-order valence-corrected chi connectivity index (χ0v) is 10.6. The Kier molecular flexibility index (Phi) is 4.42. The summed E-state index contributed by atoms with van der Waals surface area (Å²) in [5.74, 6) is -0.398. The molecule has 0 aliphatic heterocycles. The fourth-order valence-corrected chi connectivity index (χ4v) is 1.99. The van der Waals surface area contributed by atoms with Crippen LogP contribution in [0.15, 0.2) is 54.6 Å². The fourth-order valence-electron chi connectivity index (χ4n) is 1.99. The van der Waals surface area contributed by atoms with Crippen LogP contribution in [0.3, 0.4) is 0 Å². The third-order valence-electron chi connectivity index (χ3n) is 3.02. The summed E-state index contributed by atoms with van der Waals surface area (Å²) in [6.45, 7) is 0. The van der Waals surface area contributed by atoms with Crippen molar-refractivity contribution in [2.24, 2.45) is 5.73 Å². The average molecular weight is 257 g/mol. The molecule has 1 unspecified atom stereocenters. The molecule has 2 aromatic carbocycles. The highest BCUT2D eigenvalue weighted by atomic mass is 19.1. The molecule has 0 amide bonds. The van der Waals surface area contributed by atoms with Gasteiger partial charge in [0.15, 0.2) is 0 Å². The largest absolute Gasteiger partial charge is 0.324 e. The lowest BCUT2D eigenvalue weighted by Crippen LogP contribution is -2.17. The van der Waals surface area contributed by atoms with Gasteiger partial charge in [-0.25, -0.2) is 4.39 Å². The molecule has 2 rings (SSSR count). The Bertz CT molecular complexity index is 554. The SMILES string of the molecule is NC(CC(=O)Cc1ccccc1F)c1ccccc1. The summed E-state index contributed by atoms with van der Waals surface area (Å²) in [5.41, 5.74) is 7.32. The molecule has 19 heavy (non-hydrogen) atoms. The van der Waals surface area contributed by atoms with Crippen LogP contribution in [0.4, 0.5) is 4.39 Å². The number of carbonyl (C=O) groups excluding carboxylic acids is 1. The van der Waals surface area contributed by atoms with E-state index in [1.807, 2.05) is 30.3 Å². The number of hydrogen-bond acceptors (Lipinski definition) is 2. The minimum Gasteiger partial charge on any atom is -0.324 e. The standard InChI is InChI=1S/C16H16FNO/c17-15-9-5-4-8-13(15)10-14(19)11-16(18)12-6-2-1-3-7-12/h1-9,16H,10-11,18H2. The predicted molar refractivity (Wildman–Crippen MR) is 73.1 cm³/mol. The van der Waals surface area contributed by atoms with E-state index < -0.39 is 0 Å². The lowest BCUT2D eigenvalue weighted by Gasteiger charge is -2.11. The van der Waals surface area contributed by atoms with Crippen molar-refractivity contribution in [3.63, 3.8) is 0 Å². The van der Waals surface area contributed by atoms with E-state index in [0.717, 1.165) is 5.56 Å². The molecule has 0 saturated heterocycles. The average Bonchev–Trinajstić information content (AvgIpc) is 2.42. The Labute approximate surface area is 112 Å². The topological polar surface area (TPSA) is 43.1 Å². The van der Waals surface area contributed by atoms with E-state index in [1.54, 1.807) is 18.2 Å². The number of hydrogen-bond donors (Lipinski definition) is 1. The molecule has 0 radical (unpaired) electrons. The minimum atomic E-state index is -0.343. The molecule has 0 aromatic heterocycles. The van der Waals surface area contributed by atoms with Gasteiger partial charge >= 0.3 is 0 Å².